The molecule has 0 saturated carbocycles. The van der Waals surface area contributed by atoms with E-state index in [1.165, 1.54) is 5.80 Å². The Morgan fingerprint density at radius 1 is 1.44 bits per heavy atom. The summed E-state index contributed by atoms with van der Waals surface area (Å²) in [5, 5.41) is 18.1. The highest BCUT2D eigenvalue weighted by molar-refractivity contribution is 7.58. The van der Waals surface area contributed by atoms with Crippen molar-refractivity contribution in [3.05, 3.63) is 30.3 Å². The number of hydrogen-bond donors (Lipinski definition) is 2. The van der Waals surface area contributed by atoms with Crippen molar-refractivity contribution in [2.45, 2.75) is 6.42 Å². The summed E-state index contributed by atoms with van der Waals surface area (Å²) in [6.45, 7) is -0.231. The molecule has 1 rings (SSSR count). The maximum Gasteiger partial charge on any atom is 0.314 e. The highest BCUT2D eigenvalue weighted by Gasteiger charge is 2.18. The molecule has 0 aliphatic carbocycles. The third-order valence-electron chi connectivity index (χ3n) is 2.08. The number of aliphatic hydroxyl groups excluding tert-OH is 1. The molecule has 1 aromatic carbocycles. The summed E-state index contributed by atoms with van der Waals surface area (Å²) in [5.41, 5.74) is 0. The van der Waals surface area contributed by atoms with Gasteiger partial charge in [-0.15, -0.1) is 0 Å². The Hall–Kier alpha value is -1.22. The minimum atomic E-state index is -1.83. The highest BCUT2D eigenvalue weighted by Crippen LogP contribution is 2.14. The molecular weight excluding hydrogens is 227 g/mol. The topological polar surface area (TPSA) is 80.6 Å². The Morgan fingerprint density at radius 2 is 2.06 bits per heavy atom. The number of aliphatic hydroxyl groups is 1. The maximum atomic E-state index is 11.8. The van der Waals surface area contributed by atoms with Crippen molar-refractivity contribution in [1.82, 2.24) is 0 Å². The fourth-order valence-electron chi connectivity index (χ4n) is 1.23. The number of aliphatic carboxylic acids is 1. The summed E-state index contributed by atoms with van der Waals surface area (Å²) in [6, 6.07) is 8.67. The van der Waals surface area contributed by atoms with E-state index >= 15 is 0 Å². The number of carboxylic acid groups (broad SMARTS) is 1. The molecular formula is C11H13O4P. The van der Waals surface area contributed by atoms with Crippen LogP contribution >= 0.6 is 7.77 Å². The standard InChI is InChI=1S/C11H13O4P/c12-7-6-9(11(13)14)8-16(15)10-4-2-1-3-5-10/h1-5,8-9,12H,6-7H2,(H,13,14). The molecule has 16 heavy (non-hydrogen) atoms. The number of hydrogen-bond acceptors (Lipinski definition) is 3. The molecule has 0 aliphatic rings. The van der Waals surface area contributed by atoms with E-state index in [0.717, 1.165) is 0 Å². The van der Waals surface area contributed by atoms with Crippen LogP contribution in [0.25, 0.3) is 0 Å². The van der Waals surface area contributed by atoms with E-state index in [1.807, 2.05) is 0 Å². The van der Waals surface area contributed by atoms with Crippen molar-refractivity contribution in [1.29, 1.82) is 0 Å². The minimum Gasteiger partial charge on any atom is -0.626 e. The van der Waals surface area contributed by atoms with Gasteiger partial charge in [-0.3, -0.25) is 4.79 Å². The maximum absolute atomic E-state index is 11.8. The Labute approximate surface area is 94.6 Å². The summed E-state index contributed by atoms with van der Waals surface area (Å²) in [7, 11) is -1.83. The zero-order valence-corrected chi connectivity index (χ0v) is 9.51. The molecule has 1 aromatic rings. The van der Waals surface area contributed by atoms with Crippen LogP contribution < -0.4 is 10.2 Å². The van der Waals surface area contributed by atoms with Crippen LogP contribution in [-0.2, 0) is 4.79 Å². The molecule has 0 aromatic heterocycles. The zero-order chi connectivity index (χ0) is 12.0. The first-order valence-electron chi connectivity index (χ1n) is 4.85. The van der Waals surface area contributed by atoms with Gasteiger partial charge in [0.1, 0.15) is 17.0 Å². The number of rotatable bonds is 5. The largest absolute Gasteiger partial charge is 0.626 e. The van der Waals surface area contributed by atoms with Crippen LogP contribution in [0.5, 0.6) is 0 Å². The Morgan fingerprint density at radius 3 is 2.56 bits per heavy atom. The lowest BCUT2D eigenvalue weighted by Crippen LogP contribution is -2.19. The molecule has 0 heterocycles. The van der Waals surface area contributed by atoms with Gasteiger partial charge >= 0.3 is 5.97 Å². The molecule has 86 valence electrons. The Balaban J connectivity index is 2.85. The van der Waals surface area contributed by atoms with E-state index in [0.29, 0.717) is 5.30 Å². The van der Waals surface area contributed by atoms with E-state index in [1.54, 1.807) is 30.3 Å². The zero-order valence-electron chi connectivity index (χ0n) is 8.61. The van der Waals surface area contributed by atoms with Gasteiger partial charge in [-0.1, -0.05) is 18.2 Å². The molecule has 0 saturated heterocycles. The lowest BCUT2D eigenvalue weighted by atomic mass is 10.1. The number of benzene rings is 1. The molecule has 0 radical (unpaired) electrons. The van der Waals surface area contributed by atoms with Crippen molar-refractivity contribution in [3.63, 3.8) is 0 Å². The first-order chi connectivity index (χ1) is 7.65. The van der Waals surface area contributed by atoms with Crippen LogP contribution in [0.1, 0.15) is 6.42 Å². The molecule has 5 heteroatoms. The lowest BCUT2D eigenvalue weighted by molar-refractivity contribution is -0.150. The fourth-order valence-corrected chi connectivity index (χ4v) is 2.47. The highest BCUT2D eigenvalue weighted by atomic mass is 31.1. The second-order valence-corrected chi connectivity index (χ2v) is 4.73. The molecule has 2 unspecified atom stereocenters. The Kier molecular flexibility index (Phi) is 5.12. The van der Waals surface area contributed by atoms with Crippen LogP contribution in [-0.4, -0.2) is 28.6 Å². The third kappa shape index (κ3) is 3.74. The van der Waals surface area contributed by atoms with Gasteiger partial charge in [0.15, 0.2) is 0 Å². The van der Waals surface area contributed by atoms with Gasteiger partial charge in [-0.05, 0) is 18.6 Å². The van der Waals surface area contributed by atoms with Crippen molar-refractivity contribution in [2.75, 3.05) is 6.61 Å². The predicted octanol–water partition coefficient (Wildman–Crippen LogP) is -0.0455. The van der Waals surface area contributed by atoms with Crippen molar-refractivity contribution < 1.29 is 19.9 Å². The third-order valence-corrected chi connectivity index (χ3v) is 3.52. The SMILES string of the molecule is O=C(O)C(C=[P+]([O-])c1ccccc1)CCO. The second kappa shape index (κ2) is 6.38. The first kappa shape index (κ1) is 12.8. The van der Waals surface area contributed by atoms with Crippen LogP contribution in [0.2, 0.25) is 0 Å². The van der Waals surface area contributed by atoms with Crippen LogP contribution in [0.4, 0.5) is 0 Å². The van der Waals surface area contributed by atoms with Gasteiger partial charge < -0.3 is 15.1 Å². The average molecular weight is 240 g/mol. The van der Waals surface area contributed by atoms with Crippen LogP contribution in [0.15, 0.2) is 30.3 Å². The van der Waals surface area contributed by atoms with E-state index in [-0.39, 0.29) is 13.0 Å². The first-order valence-corrected chi connectivity index (χ1v) is 6.18. The number of carbonyl (C=O) groups is 1. The normalized spacial score (nSPS) is 13.5. The molecule has 0 bridgehead atoms. The molecule has 2 N–H and O–H groups in total. The summed E-state index contributed by atoms with van der Waals surface area (Å²) >= 11 is 0. The van der Waals surface area contributed by atoms with Gasteiger partial charge in [-0.2, -0.15) is 0 Å². The van der Waals surface area contributed by atoms with E-state index in [9.17, 15) is 9.69 Å². The average Bonchev–Trinajstić information content (AvgIpc) is 2.29. The molecule has 2 atom stereocenters. The smallest absolute Gasteiger partial charge is 0.314 e. The monoisotopic (exact) mass is 240 g/mol. The Bertz CT molecular complexity index is 375. The summed E-state index contributed by atoms with van der Waals surface area (Å²) in [6.07, 6.45) is 0.0865. The molecule has 0 fully saturated rings. The predicted molar refractivity (Wildman–Crippen MR) is 61.9 cm³/mol. The van der Waals surface area contributed by atoms with Crippen molar-refractivity contribution in [2.24, 2.45) is 5.92 Å². The summed E-state index contributed by atoms with van der Waals surface area (Å²) in [5.74, 6) is -0.648. The molecule has 0 spiro atoms. The fraction of sp³-hybridized carbons (Fsp3) is 0.273. The molecule has 0 aliphatic heterocycles. The van der Waals surface area contributed by atoms with Gasteiger partial charge in [0, 0.05) is 6.61 Å². The number of carboxylic acids is 1. The van der Waals surface area contributed by atoms with E-state index in [4.69, 9.17) is 10.2 Å². The van der Waals surface area contributed by atoms with Gasteiger partial charge in [0.2, 0.25) is 0 Å². The molecule has 0 amide bonds. The van der Waals surface area contributed by atoms with E-state index in [2.05, 4.69) is 0 Å². The van der Waals surface area contributed by atoms with Gasteiger partial charge in [0.25, 0.3) is 0 Å². The quantitative estimate of drug-likeness (QED) is 0.707. The van der Waals surface area contributed by atoms with Crippen LogP contribution in [0.3, 0.4) is 0 Å². The van der Waals surface area contributed by atoms with Gasteiger partial charge in [-0.25, -0.2) is 0 Å². The second-order valence-electron chi connectivity index (χ2n) is 3.27. The van der Waals surface area contributed by atoms with Crippen LogP contribution in [0, 0.1) is 5.92 Å². The van der Waals surface area contributed by atoms with Crippen molar-refractivity contribution in [3.8, 4) is 0 Å². The van der Waals surface area contributed by atoms with E-state index < -0.39 is 19.7 Å². The molecule has 4 nitrogen and oxygen atoms in total. The summed E-state index contributed by atoms with van der Waals surface area (Å²) < 4.78 is 0. The lowest BCUT2D eigenvalue weighted by Gasteiger charge is -2.04. The van der Waals surface area contributed by atoms with Crippen molar-refractivity contribution >= 4 is 24.8 Å². The van der Waals surface area contributed by atoms with Gasteiger partial charge in [0.05, 0.1) is 7.77 Å². The summed E-state index contributed by atoms with van der Waals surface area (Å²) in [4.78, 5) is 22.6. The minimum absolute atomic E-state index is 0.0865.